The SMILES string of the molecule is CCOC(=O)COc1ncccn1.O=C(O)COc1ncccn1. The van der Waals surface area contributed by atoms with E-state index in [1.165, 1.54) is 24.8 Å². The molecule has 128 valence electrons. The lowest BCUT2D eigenvalue weighted by atomic mass is 10.7. The summed E-state index contributed by atoms with van der Waals surface area (Å²) >= 11 is 0. The van der Waals surface area contributed by atoms with Crippen molar-refractivity contribution in [1.29, 1.82) is 0 Å². The van der Waals surface area contributed by atoms with Gasteiger partial charge >= 0.3 is 24.0 Å². The molecule has 0 unspecified atom stereocenters. The summed E-state index contributed by atoms with van der Waals surface area (Å²) in [4.78, 5) is 35.7. The van der Waals surface area contributed by atoms with E-state index in [1.807, 2.05) is 0 Å². The lowest BCUT2D eigenvalue weighted by Gasteiger charge is -2.02. The molecule has 0 fully saturated rings. The Morgan fingerprint density at radius 1 is 0.917 bits per heavy atom. The monoisotopic (exact) mass is 336 g/mol. The average Bonchev–Trinajstić information content (AvgIpc) is 2.61. The van der Waals surface area contributed by atoms with Crippen molar-refractivity contribution in [3.05, 3.63) is 36.9 Å². The fourth-order valence-electron chi connectivity index (χ4n) is 1.17. The van der Waals surface area contributed by atoms with Crippen LogP contribution in [0.15, 0.2) is 36.9 Å². The van der Waals surface area contributed by atoms with E-state index in [0.717, 1.165) is 0 Å². The molecule has 2 aromatic heterocycles. The van der Waals surface area contributed by atoms with Gasteiger partial charge in [-0.3, -0.25) is 0 Å². The molecule has 2 heterocycles. The number of esters is 1. The highest BCUT2D eigenvalue weighted by Crippen LogP contribution is 1.97. The Kier molecular flexibility index (Phi) is 8.82. The highest BCUT2D eigenvalue weighted by atomic mass is 16.6. The number of nitrogens with zero attached hydrogens (tertiary/aromatic N) is 4. The first kappa shape index (κ1) is 18.7. The van der Waals surface area contributed by atoms with Crippen molar-refractivity contribution in [2.45, 2.75) is 6.92 Å². The predicted octanol–water partition coefficient (Wildman–Crippen LogP) is 0.358. The maximum atomic E-state index is 10.8. The number of hydrogen-bond donors (Lipinski definition) is 1. The summed E-state index contributed by atoms with van der Waals surface area (Å²) in [6.45, 7) is 1.51. The Morgan fingerprint density at radius 3 is 1.79 bits per heavy atom. The molecular weight excluding hydrogens is 320 g/mol. The van der Waals surface area contributed by atoms with Crippen molar-refractivity contribution in [1.82, 2.24) is 19.9 Å². The third kappa shape index (κ3) is 8.87. The number of carboxylic acid groups (broad SMARTS) is 1. The second-order valence-corrected chi connectivity index (χ2v) is 3.84. The molecule has 2 aromatic rings. The van der Waals surface area contributed by atoms with Gasteiger partial charge in [-0.05, 0) is 19.1 Å². The predicted molar refractivity (Wildman–Crippen MR) is 79.3 cm³/mol. The molecule has 10 nitrogen and oxygen atoms in total. The fraction of sp³-hybridized carbons (Fsp3) is 0.286. The van der Waals surface area contributed by atoms with Crippen LogP contribution in [0, 0.1) is 0 Å². The number of aliphatic carboxylic acids is 1. The van der Waals surface area contributed by atoms with Crippen molar-refractivity contribution >= 4 is 11.9 Å². The van der Waals surface area contributed by atoms with Gasteiger partial charge in [-0.1, -0.05) is 0 Å². The maximum absolute atomic E-state index is 10.8. The van der Waals surface area contributed by atoms with Crippen molar-refractivity contribution in [3.63, 3.8) is 0 Å². The molecule has 0 spiro atoms. The van der Waals surface area contributed by atoms with E-state index >= 15 is 0 Å². The molecule has 0 amide bonds. The van der Waals surface area contributed by atoms with E-state index in [0.29, 0.717) is 6.61 Å². The van der Waals surface area contributed by atoms with Crippen molar-refractivity contribution in [2.75, 3.05) is 19.8 Å². The van der Waals surface area contributed by atoms with Crippen molar-refractivity contribution in [3.8, 4) is 12.0 Å². The van der Waals surface area contributed by atoms with E-state index in [2.05, 4.69) is 29.4 Å². The lowest BCUT2D eigenvalue weighted by Crippen LogP contribution is -2.15. The van der Waals surface area contributed by atoms with Gasteiger partial charge in [-0.25, -0.2) is 29.5 Å². The summed E-state index contributed by atoms with van der Waals surface area (Å²) in [5, 5.41) is 8.19. The number of rotatable bonds is 7. The van der Waals surface area contributed by atoms with E-state index < -0.39 is 18.5 Å². The highest BCUT2D eigenvalue weighted by molar-refractivity contribution is 5.70. The lowest BCUT2D eigenvalue weighted by molar-refractivity contribution is -0.145. The standard InChI is InChI=1S/C8H10N2O3.C6H6N2O3/c1-2-12-7(11)6-13-8-9-4-3-5-10-8;9-5(10)4-11-6-7-2-1-3-8-6/h3-5H,2,6H2,1H3;1-3H,4H2,(H,9,10). The van der Waals surface area contributed by atoms with Gasteiger partial charge in [0.15, 0.2) is 13.2 Å². The second-order valence-electron chi connectivity index (χ2n) is 3.84. The van der Waals surface area contributed by atoms with E-state index in [4.69, 9.17) is 9.84 Å². The zero-order chi connectivity index (χ0) is 17.6. The third-order valence-electron chi connectivity index (χ3n) is 2.03. The summed E-state index contributed by atoms with van der Waals surface area (Å²) < 4.78 is 14.2. The van der Waals surface area contributed by atoms with Crippen LogP contribution in [0.5, 0.6) is 12.0 Å². The first-order chi connectivity index (χ1) is 11.6. The van der Waals surface area contributed by atoms with Gasteiger partial charge < -0.3 is 19.3 Å². The molecule has 24 heavy (non-hydrogen) atoms. The summed E-state index contributed by atoms with van der Waals surface area (Å²) in [6, 6.07) is 3.54. The molecule has 0 saturated carbocycles. The van der Waals surface area contributed by atoms with Gasteiger partial charge in [0.1, 0.15) is 0 Å². The van der Waals surface area contributed by atoms with Crippen LogP contribution in [0.3, 0.4) is 0 Å². The quantitative estimate of drug-likeness (QED) is 0.706. The molecule has 0 aliphatic carbocycles. The second kappa shape index (κ2) is 11.3. The van der Waals surface area contributed by atoms with Crippen LogP contribution in [0.2, 0.25) is 0 Å². The van der Waals surface area contributed by atoms with E-state index in [1.54, 1.807) is 19.1 Å². The van der Waals surface area contributed by atoms with Crippen LogP contribution in [0.4, 0.5) is 0 Å². The molecular formula is C14H16N4O6. The Bertz CT molecular complexity index is 611. The normalized spacial score (nSPS) is 9.21. The minimum atomic E-state index is -1.04. The Morgan fingerprint density at radius 2 is 1.38 bits per heavy atom. The van der Waals surface area contributed by atoms with Crippen LogP contribution < -0.4 is 9.47 Å². The minimum Gasteiger partial charge on any atom is -0.479 e. The Balaban J connectivity index is 0.000000243. The molecule has 10 heteroatoms. The largest absolute Gasteiger partial charge is 0.479 e. The number of carbonyl (C=O) groups excluding carboxylic acids is 1. The Labute approximate surface area is 137 Å². The topological polar surface area (TPSA) is 134 Å². The van der Waals surface area contributed by atoms with E-state index in [-0.39, 0.29) is 18.6 Å². The highest BCUT2D eigenvalue weighted by Gasteiger charge is 2.03. The van der Waals surface area contributed by atoms with Crippen LogP contribution in [-0.2, 0) is 14.3 Å². The average molecular weight is 336 g/mol. The number of ether oxygens (including phenoxy) is 3. The number of carbonyl (C=O) groups is 2. The molecule has 0 atom stereocenters. The summed E-state index contributed by atoms with van der Waals surface area (Å²) in [5.74, 6) is -1.47. The molecule has 1 N–H and O–H groups in total. The summed E-state index contributed by atoms with van der Waals surface area (Å²) in [7, 11) is 0. The molecule has 0 aromatic carbocycles. The first-order valence-electron chi connectivity index (χ1n) is 6.79. The van der Waals surface area contributed by atoms with Gasteiger partial charge in [-0.15, -0.1) is 0 Å². The number of hydrogen-bond acceptors (Lipinski definition) is 9. The minimum absolute atomic E-state index is 0.0786. The molecule has 0 aliphatic rings. The van der Waals surface area contributed by atoms with Gasteiger partial charge in [-0.2, -0.15) is 0 Å². The zero-order valence-corrected chi connectivity index (χ0v) is 12.9. The third-order valence-corrected chi connectivity index (χ3v) is 2.03. The Hall–Kier alpha value is -3.30. The number of carboxylic acids is 1. The van der Waals surface area contributed by atoms with Crippen LogP contribution in [0.25, 0.3) is 0 Å². The van der Waals surface area contributed by atoms with Crippen LogP contribution in [-0.4, -0.2) is 56.8 Å². The van der Waals surface area contributed by atoms with E-state index in [9.17, 15) is 9.59 Å². The maximum Gasteiger partial charge on any atom is 0.344 e. The van der Waals surface area contributed by atoms with Gasteiger partial charge in [0.05, 0.1) is 6.61 Å². The van der Waals surface area contributed by atoms with Crippen molar-refractivity contribution in [2.24, 2.45) is 0 Å². The van der Waals surface area contributed by atoms with Crippen LogP contribution in [0.1, 0.15) is 6.92 Å². The molecule has 0 saturated heterocycles. The smallest absolute Gasteiger partial charge is 0.344 e. The molecule has 2 rings (SSSR count). The van der Waals surface area contributed by atoms with Gasteiger partial charge in [0.2, 0.25) is 0 Å². The molecule has 0 aliphatic heterocycles. The number of aromatic nitrogens is 4. The first-order valence-corrected chi connectivity index (χ1v) is 6.79. The molecule has 0 radical (unpaired) electrons. The van der Waals surface area contributed by atoms with Gasteiger partial charge in [0, 0.05) is 24.8 Å². The summed E-state index contributed by atoms with van der Waals surface area (Å²) in [6.07, 6.45) is 6.02. The van der Waals surface area contributed by atoms with Crippen LogP contribution >= 0.6 is 0 Å². The zero-order valence-electron chi connectivity index (χ0n) is 12.9. The fourth-order valence-corrected chi connectivity index (χ4v) is 1.17. The van der Waals surface area contributed by atoms with Gasteiger partial charge in [0.25, 0.3) is 0 Å². The van der Waals surface area contributed by atoms with Crippen molar-refractivity contribution < 1.29 is 28.9 Å². The molecule has 0 bridgehead atoms. The summed E-state index contributed by atoms with van der Waals surface area (Å²) in [5.41, 5.74) is 0.